The molecule has 0 aliphatic rings. The maximum Gasteiger partial charge on any atom is 0.310 e. The van der Waals surface area contributed by atoms with Crippen molar-refractivity contribution in [1.82, 2.24) is 4.90 Å². The Morgan fingerprint density at radius 3 is 2.25 bits per heavy atom. The highest BCUT2D eigenvalue weighted by Crippen LogP contribution is 2.25. The molecule has 0 saturated carbocycles. The number of hydrogen-bond donors (Lipinski definition) is 0. The zero-order chi connectivity index (χ0) is 20.4. The van der Waals surface area contributed by atoms with E-state index in [0.29, 0.717) is 24.5 Å². The minimum Gasteiger partial charge on any atom is -0.493 e. The van der Waals surface area contributed by atoms with Crippen molar-refractivity contribution in [2.75, 3.05) is 33.9 Å². The van der Waals surface area contributed by atoms with Gasteiger partial charge in [0.2, 0.25) is 0 Å². The number of para-hydroxylation sites is 2. The molecule has 1 atom stereocenters. The number of hydrogen-bond acceptors (Lipinski definition) is 5. The average Bonchev–Trinajstić information content (AvgIpc) is 2.74. The normalized spacial score (nSPS) is 11.4. The van der Waals surface area contributed by atoms with E-state index < -0.39 is 5.92 Å². The van der Waals surface area contributed by atoms with E-state index >= 15 is 0 Å². The molecule has 2 aromatic carbocycles. The SMILES string of the molecule is COC(=O)C(C)CN(CCc1ccccc1)C(=O)COc1ccccc1OC. The molecule has 0 bridgehead atoms. The molecular weight excluding hydrogens is 358 g/mol. The second-order valence-electron chi connectivity index (χ2n) is 6.44. The first-order valence-electron chi connectivity index (χ1n) is 9.20. The molecule has 6 heteroatoms. The van der Waals surface area contributed by atoms with Gasteiger partial charge in [-0.3, -0.25) is 9.59 Å². The molecule has 0 radical (unpaired) electrons. The standard InChI is InChI=1S/C22H27NO5/c1-17(22(25)27-3)15-23(14-13-18-9-5-4-6-10-18)21(24)16-28-20-12-8-7-11-19(20)26-2/h4-12,17H,13-16H2,1-3H3. The van der Waals surface area contributed by atoms with Crippen LogP contribution < -0.4 is 9.47 Å². The lowest BCUT2D eigenvalue weighted by Crippen LogP contribution is -2.41. The zero-order valence-electron chi connectivity index (χ0n) is 16.6. The van der Waals surface area contributed by atoms with Crippen molar-refractivity contribution in [2.45, 2.75) is 13.3 Å². The molecule has 0 fully saturated rings. The highest BCUT2D eigenvalue weighted by atomic mass is 16.5. The van der Waals surface area contributed by atoms with Gasteiger partial charge in [-0.05, 0) is 24.1 Å². The van der Waals surface area contributed by atoms with Crippen LogP contribution in [-0.2, 0) is 20.7 Å². The third-order valence-electron chi connectivity index (χ3n) is 4.38. The molecule has 2 rings (SSSR count). The first-order valence-corrected chi connectivity index (χ1v) is 9.20. The number of rotatable bonds is 10. The molecular formula is C22H27NO5. The minimum absolute atomic E-state index is 0.136. The summed E-state index contributed by atoms with van der Waals surface area (Å²) < 4.78 is 15.7. The fraction of sp³-hybridized carbons (Fsp3) is 0.364. The van der Waals surface area contributed by atoms with Crippen LogP contribution in [0.4, 0.5) is 0 Å². The van der Waals surface area contributed by atoms with Crippen LogP contribution in [0.1, 0.15) is 12.5 Å². The topological polar surface area (TPSA) is 65.1 Å². The number of methoxy groups -OCH3 is 2. The highest BCUT2D eigenvalue weighted by molar-refractivity contribution is 5.79. The summed E-state index contributed by atoms with van der Waals surface area (Å²) in [5, 5.41) is 0. The first-order chi connectivity index (χ1) is 13.5. The van der Waals surface area contributed by atoms with Gasteiger partial charge >= 0.3 is 5.97 Å². The Kier molecular flexibility index (Phi) is 8.34. The Labute approximate surface area is 166 Å². The van der Waals surface area contributed by atoms with Crippen LogP contribution in [0.2, 0.25) is 0 Å². The van der Waals surface area contributed by atoms with Gasteiger partial charge in [-0.15, -0.1) is 0 Å². The van der Waals surface area contributed by atoms with Gasteiger partial charge in [-0.25, -0.2) is 0 Å². The van der Waals surface area contributed by atoms with E-state index in [4.69, 9.17) is 14.2 Å². The molecule has 0 N–H and O–H groups in total. The number of ether oxygens (including phenoxy) is 3. The molecule has 0 saturated heterocycles. The highest BCUT2D eigenvalue weighted by Gasteiger charge is 2.22. The minimum atomic E-state index is -0.420. The van der Waals surface area contributed by atoms with E-state index in [1.807, 2.05) is 42.5 Å². The number of amides is 1. The van der Waals surface area contributed by atoms with Crippen LogP contribution in [0.15, 0.2) is 54.6 Å². The van der Waals surface area contributed by atoms with Crippen LogP contribution in [0.3, 0.4) is 0 Å². The number of esters is 1. The van der Waals surface area contributed by atoms with Crippen molar-refractivity contribution in [2.24, 2.45) is 5.92 Å². The van der Waals surface area contributed by atoms with Gasteiger partial charge in [0.15, 0.2) is 18.1 Å². The van der Waals surface area contributed by atoms with E-state index in [2.05, 4.69) is 0 Å². The van der Waals surface area contributed by atoms with Crippen molar-refractivity contribution in [3.63, 3.8) is 0 Å². The van der Waals surface area contributed by atoms with Crippen molar-refractivity contribution in [3.05, 3.63) is 60.2 Å². The lowest BCUT2D eigenvalue weighted by Gasteiger charge is -2.25. The first kappa shape index (κ1) is 21.3. The fourth-order valence-corrected chi connectivity index (χ4v) is 2.80. The van der Waals surface area contributed by atoms with Gasteiger partial charge in [-0.1, -0.05) is 49.4 Å². The Morgan fingerprint density at radius 2 is 1.61 bits per heavy atom. The summed E-state index contributed by atoms with van der Waals surface area (Å²) in [7, 11) is 2.90. The zero-order valence-corrected chi connectivity index (χ0v) is 16.6. The molecule has 150 valence electrons. The molecule has 1 amide bonds. The van der Waals surface area contributed by atoms with Crippen molar-refractivity contribution in [3.8, 4) is 11.5 Å². The van der Waals surface area contributed by atoms with Gasteiger partial charge in [-0.2, -0.15) is 0 Å². The third-order valence-corrected chi connectivity index (χ3v) is 4.38. The predicted octanol–water partition coefficient (Wildman–Crippen LogP) is 2.95. The van der Waals surface area contributed by atoms with E-state index in [1.165, 1.54) is 7.11 Å². The van der Waals surface area contributed by atoms with Gasteiger partial charge in [0.1, 0.15) is 0 Å². The summed E-state index contributed by atoms with van der Waals surface area (Å²) in [4.78, 5) is 26.2. The molecule has 0 spiro atoms. The van der Waals surface area contributed by atoms with Gasteiger partial charge < -0.3 is 19.1 Å². The van der Waals surface area contributed by atoms with Crippen LogP contribution >= 0.6 is 0 Å². The molecule has 1 unspecified atom stereocenters. The second-order valence-corrected chi connectivity index (χ2v) is 6.44. The maximum atomic E-state index is 12.8. The van der Waals surface area contributed by atoms with Crippen molar-refractivity contribution < 1.29 is 23.8 Å². The number of carbonyl (C=O) groups is 2. The molecule has 0 aliphatic heterocycles. The summed E-state index contributed by atoms with van der Waals surface area (Å²) in [5.41, 5.74) is 1.12. The quantitative estimate of drug-likeness (QED) is 0.589. The van der Waals surface area contributed by atoms with E-state index in [0.717, 1.165) is 5.56 Å². The van der Waals surface area contributed by atoms with Crippen LogP contribution in [-0.4, -0.2) is 50.7 Å². The summed E-state index contributed by atoms with van der Waals surface area (Å²) in [6.45, 7) is 2.37. The predicted molar refractivity (Wildman–Crippen MR) is 106 cm³/mol. The number of carbonyl (C=O) groups excluding carboxylic acids is 2. The summed E-state index contributed by atoms with van der Waals surface area (Å²) in [5.74, 6) is 0.105. The average molecular weight is 385 g/mol. The second kappa shape index (κ2) is 11.0. The van der Waals surface area contributed by atoms with Gasteiger partial charge in [0.25, 0.3) is 5.91 Å². The largest absolute Gasteiger partial charge is 0.493 e. The molecule has 0 heterocycles. The summed E-state index contributed by atoms with van der Waals surface area (Å²) in [6, 6.07) is 17.1. The van der Waals surface area contributed by atoms with E-state index in [9.17, 15) is 9.59 Å². The van der Waals surface area contributed by atoms with Crippen molar-refractivity contribution >= 4 is 11.9 Å². The van der Waals surface area contributed by atoms with Crippen LogP contribution in [0.25, 0.3) is 0 Å². The molecule has 2 aromatic rings. The monoisotopic (exact) mass is 385 g/mol. The fourth-order valence-electron chi connectivity index (χ4n) is 2.80. The lowest BCUT2D eigenvalue weighted by atomic mass is 10.1. The Morgan fingerprint density at radius 1 is 0.964 bits per heavy atom. The van der Waals surface area contributed by atoms with Crippen molar-refractivity contribution in [1.29, 1.82) is 0 Å². The molecule has 0 aliphatic carbocycles. The number of nitrogens with zero attached hydrogens (tertiary/aromatic N) is 1. The van der Waals surface area contributed by atoms with Gasteiger partial charge in [0.05, 0.1) is 20.1 Å². The van der Waals surface area contributed by atoms with E-state index in [1.54, 1.807) is 31.1 Å². The Hall–Kier alpha value is -3.02. The molecule has 0 aromatic heterocycles. The Balaban J connectivity index is 2.03. The summed E-state index contributed by atoms with van der Waals surface area (Å²) >= 11 is 0. The summed E-state index contributed by atoms with van der Waals surface area (Å²) in [6.07, 6.45) is 0.690. The van der Waals surface area contributed by atoms with Crippen LogP contribution in [0, 0.1) is 5.92 Å². The van der Waals surface area contributed by atoms with E-state index in [-0.39, 0.29) is 25.0 Å². The smallest absolute Gasteiger partial charge is 0.310 e. The molecule has 28 heavy (non-hydrogen) atoms. The molecule has 6 nitrogen and oxygen atoms in total. The van der Waals surface area contributed by atoms with Crippen LogP contribution in [0.5, 0.6) is 11.5 Å². The number of benzene rings is 2. The van der Waals surface area contributed by atoms with Gasteiger partial charge in [0, 0.05) is 13.1 Å². The third kappa shape index (κ3) is 6.30. The Bertz CT molecular complexity index is 763. The maximum absolute atomic E-state index is 12.8. The lowest BCUT2D eigenvalue weighted by molar-refractivity contribution is -0.146.